The summed E-state index contributed by atoms with van der Waals surface area (Å²) in [7, 11) is 0. The Morgan fingerprint density at radius 2 is 2.00 bits per heavy atom. The van der Waals surface area contributed by atoms with Crippen molar-refractivity contribution in [1.29, 1.82) is 0 Å². The molecule has 1 aromatic carbocycles. The van der Waals surface area contributed by atoms with Crippen molar-refractivity contribution in [2.24, 2.45) is 5.73 Å². The van der Waals surface area contributed by atoms with Gasteiger partial charge in [0, 0.05) is 5.75 Å². The summed E-state index contributed by atoms with van der Waals surface area (Å²) in [6, 6.07) is 7.23. The first-order valence-electron chi connectivity index (χ1n) is 6.42. The van der Waals surface area contributed by atoms with Gasteiger partial charge < -0.3 is 10.5 Å². The van der Waals surface area contributed by atoms with Gasteiger partial charge in [-0.05, 0) is 45.4 Å². The highest BCUT2D eigenvalue weighted by Crippen LogP contribution is 2.19. The largest absolute Gasteiger partial charge is 0.456 e. The maximum Gasteiger partial charge on any atom is 0.338 e. The van der Waals surface area contributed by atoms with E-state index in [0.717, 1.165) is 5.56 Å². The van der Waals surface area contributed by atoms with Crippen LogP contribution in [0.15, 0.2) is 24.3 Å². The molecule has 1 atom stereocenters. The molecule has 0 aliphatic rings. The average Bonchev–Trinajstić information content (AvgIpc) is 2.34. The highest BCUT2D eigenvalue weighted by atomic mass is 32.2. The summed E-state index contributed by atoms with van der Waals surface area (Å²) in [4.78, 5) is 22.9. The van der Waals surface area contributed by atoms with Crippen LogP contribution in [0, 0.1) is 0 Å². The SMILES string of the molecule is C[C@H](SCc1cccc(C(=O)OC(C)(C)C)c1)C(N)=O. The minimum Gasteiger partial charge on any atom is -0.456 e. The Bertz CT molecular complexity index is 494. The van der Waals surface area contributed by atoms with E-state index < -0.39 is 5.60 Å². The monoisotopic (exact) mass is 295 g/mol. The summed E-state index contributed by atoms with van der Waals surface area (Å²) in [5.41, 5.74) is 6.18. The molecule has 20 heavy (non-hydrogen) atoms. The topological polar surface area (TPSA) is 69.4 Å². The second-order valence-corrected chi connectivity index (χ2v) is 6.89. The summed E-state index contributed by atoms with van der Waals surface area (Å²) in [6.07, 6.45) is 0. The molecule has 5 heteroatoms. The summed E-state index contributed by atoms with van der Waals surface area (Å²) in [5.74, 6) is -0.0496. The van der Waals surface area contributed by atoms with E-state index in [4.69, 9.17) is 10.5 Å². The Labute approximate surface area is 124 Å². The number of rotatable bonds is 5. The minimum absolute atomic E-state index is 0.250. The van der Waals surface area contributed by atoms with Gasteiger partial charge in [0.2, 0.25) is 5.91 Å². The quantitative estimate of drug-likeness (QED) is 0.848. The zero-order valence-electron chi connectivity index (χ0n) is 12.3. The molecule has 0 unspecified atom stereocenters. The molecule has 0 heterocycles. The van der Waals surface area contributed by atoms with E-state index in [9.17, 15) is 9.59 Å². The number of thioether (sulfide) groups is 1. The van der Waals surface area contributed by atoms with Gasteiger partial charge >= 0.3 is 5.97 Å². The second kappa shape index (κ2) is 6.79. The molecule has 1 aromatic rings. The smallest absolute Gasteiger partial charge is 0.338 e. The molecular weight excluding hydrogens is 274 g/mol. The van der Waals surface area contributed by atoms with Crippen molar-refractivity contribution in [3.63, 3.8) is 0 Å². The standard InChI is InChI=1S/C15H21NO3S/c1-10(13(16)17)20-9-11-6-5-7-12(8-11)14(18)19-15(2,3)4/h5-8,10H,9H2,1-4H3,(H2,16,17)/t10-/m0/s1. The van der Waals surface area contributed by atoms with Crippen LogP contribution >= 0.6 is 11.8 Å². The summed E-state index contributed by atoms with van der Waals surface area (Å²) < 4.78 is 5.32. The van der Waals surface area contributed by atoms with E-state index in [1.807, 2.05) is 32.9 Å². The Morgan fingerprint density at radius 1 is 1.35 bits per heavy atom. The first kappa shape index (κ1) is 16.6. The number of amides is 1. The van der Waals surface area contributed by atoms with Gasteiger partial charge in [0.1, 0.15) is 5.60 Å². The Hall–Kier alpha value is -1.49. The molecule has 1 rings (SSSR count). The van der Waals surface area contributed by atoms with Crippen molar-refractivity contribution in [2.75, 3.05) is 0 Å². The van der Waals surface area contributed by atoms with Crippen LogP contribution in [-0.4, -0.2) is 22.7 Å². The molecule has 0 radical (unpaired) electrons. The van der Waals surface area contributed by atoms with Crippen LogP contribution in [0.2, 0.25) is 0 Å². The van der Waals surface area contributed by atoms with E-state index in [-0.39, 0.29) is 17.1 Å². The number of carbonyl (C=O) groups excluding carboxylic acids is 2. The number of ether oxygens (including phenoxy) is 1. The fourth-order valence-electron chi connectivity index (χ4n) is 1.43. The lowest BCUT2D eigenvalue weighted by molar-refractivity contribution is -0.117. The number of esters is 1. The van der Waals surface area contributed by atoms with Gasteiger partial charge in [0.15, 0.2) is 0 Å². The van der Waals surface area contributed by atoms with Gasteiger partial charge in [-0.2, -0.15) is 0 Å². The molecule has 0 bridgehead atoms. The average molecular weight is 295 g/mol. The third-order valence-corrected chi connectivity index (χ3v) is 3.69. The summed E-state index contributed by atoms with van der Waals surface area (Å²) in [6.45, 7) is 7.27. The van der Waals surface area contributed by atoms with Gasteiger partial charge in [0.25, 0.3) is 0 Å². The van der Waals surface area contributed by atoms with Crippen molar-refractivity contribution in [3.05, 3.63) is 35.4 Å². The highest BCUT2D eigenvalue weighted by molar-refractivity contribution is 7.99. The third-order valence-electron chi connectivity index (χ3n) is 2.46. The lowest BCUT2D eigenvalue weighted by atomic mass is 10.1. The van der Waals surface area contributed by atoms with Crippen molar-refractivity contribution in [3.8, 4) is 0 Å². The molecule has 0 fully saturated rings. The Kier molecular flexibility index (Phi) is 5.62. The van der Waals surface area contributed by atoms with Crippen molar-refractivity contribution in [2.45, 2.75) is 44.3 Å². The molecular formula is C15H21NO3S. The predicted octanol–water partition coefficient (Wildman–Crippen LogP) is 2.75. The zero-order chi connectivity index (χ0) is 15.3. The maximum atomic E-state index is 12.0. The van der Waals surface area contributed by atoms with Crippen LogP contribution < -0.4 is 5.73 Å². The number of hydrogen-bond donors (Lipinski definition) is 1. The van der Waals surface area contributed by atoms with E-state index in [2.05, 4.69) is 0 Å². The van der Waals surface area contributed by atoms with Crippen LogP contribution in [0.25, 0.3) is 0 Å². The zero-order valence-corrected chi connectivity index (χ0v) is 13.1. The van der Waals surface area contributed by atoms with Crippen molar-refractivity contribution in [1.82, 2.24) is 0 Å². The molecule has 2 N–H and O–H groups in total. The second-order valence-electron chi connectivity index (χ2n) is 5.56. The van der Waals surface area contributed by atoms with Gasteiger partial charge in [-0.3, -0.25) is 4.79 Å². The molecule has 4 nitrogen and oxygen atoms in total. The molecule has 1 amide bonds. The van der Waals surface area contributed by atoms with Gasteiger partial charge in [0.05, 0.1) is 10.8 Å². The van der Waals surface area contributed by atoms with Crippen LogP contribution in [-0.2, 0) is 15.3 Å². The molecule has 110 valence electrons. The maximum absolute atomic E-state index is 12.0. The number of nitrogens with two attached hydrogens (primary N) is 1. The van der Waals surface area contributed by atoms with Gasteiger partial charge in [-0.15, -0.1) is 11.8 Å². The highest BCUT2D eigenvalue weighted by Gasteiger charge is 2.18. The number of primary amides is 1. The fraction of sp³-hybridized carbons (Fsp3) is 0.467. The first-order valence-corrected chi connectivity index (χ1v) is 7.47. The van der Waals surface area contributed by atoms with Crippen LogP contribution in [0.1, 0.15) is 43.6 Å². The Morgan fingerprint density at radius 3 is 2.55 bits per heavy atom. The summed E-state index contributed by atoms with van der Waals surface area (Å²) in [5, 5.41) is -0.250. The molecule has 0 aliphatic carbocycles. The first-order chi connectivity index (χ1) is 9.19. The summed E-state index contributed by atoms with van der Waals surface area (Å²) >= 11 is 1.44. The van der Waals surface area contributed by atoms with E-state index in [1.54, 1.807) is 19.1 Å². The number of carbonyl (C=O) groups is 2. The van der Waals surface area contributed by atoms with Crippen LogP contribution in [0.5, 0.6) is 0 Å². The van der Waals surface area contributed by atoms with E-state index >= 15 is 0 Å². The normalized spacial score (nSPS) is 12.8. The predicted molar refractivity (Wildman–Crippen MR) is 81.6 cm³/mol. The lowest BCUT2D eigenvalue weighted by Gasteiger charge is -2.19. The molecule has 0 spiro atoms. The van der Waals surface area contributed by atoms with Crippen LogP contribution in [0.4, 0.5) is 0 Å². The van der Waals surface area contributed by atoms with Crippen molar-refractivity contribution >= 4 is 23.6 Å². The van der Waals surface area contributed by atoms with Gasteiger partial charge in [-0.25, -0.2) is 4.79 Å². The van der Waals surface area contributed by atoms with Crippen molar-refractivity contribution < 1.29 is 14.3 Å². The van der Waals surface area contributed by atoms with E-state index in [1.165, 1.54) is 11.8 Å². The minimum atomic E-state index is -0.512. The number of benzene rings is 1. The molecule has 0 aliphatic heterocycles. The molecule has 0 saturated heterocycles. The molecule has 0 saturated carbocycles. The van der Waals surface area contributed by atoms with Crippen LogP contribution in [0.3, 0.4) is 0 Å². The third kappa shape index (κ3) is 5.65. The molecule has 0 aromatic heterocycles. The van der Waals surface area contributed by atoms with E-state index in [0.29, 0.717) is 11.3 Å². The lowest BCUT2D eigenvalue weighted by Crippen LogP contribution is -2.24. The fourth-order valence-corrected chi connectivity index (χ4v) is 2.21. The van der Waals surface area contributed by atoms with Gasteiger partial charge in [-0.1, -0.05) is 12.1 Å². The Balaban J connectivity index is 2.71. The number of hydrogen-bond acceptors (Lipinski definition) is 4.